The van der Waals surface area contributed by atoms with Crippen molar-refractivity contribution >= 4 is 0 Å². The van der Waals surface area contributed by atoms with Crippen molar-refractivity contribution in [2.45, 2.75) is 26.7 Å². The molecule has 0 unspecified atom stereocenters. The standard InChI is InChI=1S/C17H25O3/c1-14(2)6-5-7-15(12-18-3)13-20-17-10-8-16(19-4)9-11-17/h6,8-11H,5,7,12-13H2,1-4H3. The summed E-state index contributed by atoms with van der Waals surface area (Å²) in [6.45, 7) is 5.47. The fourth-order valence-electron chi connectivity index (χ4n) is 1.81. The highest BCUT2D eigenvalue weighted by Crippen LogP contribution is 2.19. The van der Waals surface area contributed by atoms with Crippen LogP contribution < -0.4 is 9.47 Å². The van der Waals surface area contributed by atoms with Gasteiger partial charge in [-0.1, -0.05) is 11.6 Å². The molecule has 0 bridgehead atoms. The van der Waals surface area contributed by atoms with Crippen molar-refractivity contribution in [2.24, 2.45) is 0 Å². The SMILES string of the molecule is COC[C](CCC=C(C)C)COc1ccc(OC)cc1. The zero-order valence-corrected chi connectivity index (χ0v) is 12.9. The van der Waals surface area contributed by atoms with Crippen LogP contribution in [0.1, 0.15) is 26.7 Å². The van der Waals surface area contributed by atoms with Crippen molar-refractivity contribution in [2.75, 3.05) is 27.4 Å². The van der Waals surface area contributed by atoms with Crippen molar-refractivity contribution < 1.29 is 14.2 Å². The van der Waals surface area contributed by atoms with Gasteiger partial charge in [-0.25, -0.2) is 0 Å². The van der Waals surface area contributed by atoms with Gasteiger partial charge >= 0.3 is 0 Å². The number of hydrogen-bond acceptors (Lipinski definition) is 3. The van der Waals surface area contributed by atoms with Crippen LogP contribution in [-0.2, 0) is 4.74 Å². The number of rotatable bonds is 9. The van der Waals surface area contributed by atoms with Gasteiger partial charge in [-0.15, -0.1) is 0 Å². The second kappa shape index (κ2) is 9.43. The van der Waals surface area contributed by atoms with Crippen LogP contribution in [0.5, 0.6) is 11.5 Å². The van der Waals surface area contributed by atoms with Gasteiger partial charge < -0.3 is 14.2 Å². The molecular formula is C17H25O3. The van der Waals surface area contributed by atoms with Gasteiger partial charge in [0.2, 0.25) is 0 Å². The Morgan fingerprint density at radius 1 is 1.00 bits per heavy atom. The van der Waals surface area contributed by atoms with Crippen LogP contribution in [0.2, 0.25) is 0 Å². The molecule has 0 aliphatic rings. The second-order valence-corrected chi connectivity index (χ2v) is 4.97. The van der Waals surface area contributed by atoms with Gasteiger partial charge in [-0.2, -0.15) is 0 Å². The number of methoxy groups -OCH3 is 2. The Morgan fingerprint density at radius 2 is 1.65 bits per heavy atom. The predicted molar refractivity (Wildman–Crippen MR) is 82.3 cm³/mol. The third kappa shape index (κ3) is 6.62. The topological polar surface area (TPSA) is 27.7 Å². The zero-order valence-electron chi connectivity index (χ0n) is 12.9. The van der Waals surface area contributed by atoms with Crippen LogP contribution >= 0.6 is 0 Å². The lowest BCUT2D eigenvalue weighted by molar-refractivity contribution is 0.184. The maximum atomic E-state index is 5.78. The minimum absolute atomic E-state index is 0.594. The first kappa shape index (κ1) is 16.6. The van der Waals surface area contributed by atoms with Gasteiger partial charge in [0.1, 0.15) is 11.5 Å². The molecule has 0 heterocycles. The molecule has 1 aromatic carbocycles. The van der Waals surface area contributed by atoms with Crippen molar-refractivity contribution in [1.82, 2.24) is 0 Å². The maximum Gasteiger partial charge on any atom is 0.119 e. The summed E-state index contributed by atoms with van der Waals surface area (Å²) in [4.78, 5) is 0. The number of hydrogen-bond donors (Lipinski definition) is 0. The predicted octanol–water partition coefficient (Wildman–Crippen LogP) is 4.04. The highest BCUT2D eigenvalue weighted by atomic mass is 16.5. The molecule has 0 aromatic heterocycles. The number of benzene rings is 1. The van der Waals surface area contributed by atoms with Crippen LogP contribution in [0, 0.1) is 5.92 Å². The van der Waals surface area contributed by atoms with Gasteiger partial charge in [-0.3, -0.25) is 0 Å². The minimum atomic E-state index is 0.594. The van der Waals surface area contributed by atoms with E-state index in [0.29, 0.717) is 13.2 Å². The summed E-state index contributed by atoms with van der Waals surface area (Å²) in [6, 6.07) is 7.63. The molecule has 3 heteroatoms. The molecule has 0 fully saturated rings. The third-order valence-corrected chi connectivity index (χ3v) is 2.90. The largest absolute Gasteiger partial charge is 0.497 e. The van der Waals surface area contributed by atoms with E-state index in [4.69, 9.17) is 14.2 Å². The first-order chi connectivity index (χ1) is 9.65. The van der Waals surface area contributed by atoms with Crippen molar-refractivity contribution in [1.29, 1.82) is 0 Å². The molecule has 0 atom stereocenters. The van der Waals surface area contributed by atoms with E-state index in [1.807, 2.05) is 24.3 Å². The smallest absolute Gasteiger partial charge is 0.119 e. The lowest BCUT2D eigenvalue weighted by Gasteiger charge is -2.16. The molecule has 0 N–H and O–H groups in total. The van der Waals surface area contributed by atoms with Gasteiger partial charge in [0.05, 0.1) is 20.3 Å². The quantitative estimate of drug-likeness (QED) is 0.638. The van der Waals surface area contributed by atoms with E-state index >= 15 is 0 Å². The molecule has 0 saturated heterocycles. The molecule has 0 aliphatic carbocycles. The Kier molecular flexibility index (Phi) is 7.81. The normalized spacial score (nSPS) is 10.4. The van der Waals surface area contributed by atoms with E-state index in [-0.39, 0.29) is 0 Å². The van der Waals surface area contributed by atoms with Gasteiger partial charge in [0, 0.05) is 13.0 Å². The first-order valence-electron chi connectivity index (χ1n) is 6.88. The lowest BCUT2D eigenvalue weighted by atomic mass is 10.0. The molecule has 1 radical (unpaired) electrons. The van der Waals surface area contributed by atoms with E-state index in [1.54, 1.807) is 14.2 Å². The third-order valence-electron chi connectivity index (χ3n) is 2.90. The average molecular weight is 277 g/mol. The Labute approximate surface area is 122 Å². The summed E-state index contributed by atoms with van der Waals surface area (Å²) in [5.41, 5.74) is 1.35. The second-order valence-electron chi connectivity index (χ2n) is 4.97. The summed E-state index contributed by atoms with van der Waals surface area (Å²) in [5.74, 6) is 2.95. The van der Waals surface area contributed by atoms with Gasteiger partial charge in [-0.05, 0) is 51.0 Å². The number of ether oxygens (including phenoxy) is 3. The molecule has 1 aromatic rings. The molecule has 3 nitrogen and oxygen atoms in total. The minimum Gasteiger partial charge on any atom is -0.497 e. The van der Waals surface area contributed by atoms with Crippen LogP contribution in [0.15, 0.2) is 35.9 Å². The average Bonchev–Trinajstić information content (AvgIpc) is 2.45. The van der Waals surface area contributed by atoms with E-state index < -0.39 is 0 Å². The molecular weight excluding hydrogens is 252 g/mol. The Hall–Kier alpha value is -1.48. The fraction of sp³-hybridized carbons (Fsp3) is 0.471. The fourth-order valence-corrected chi connectivity index (χ4v) is 1.81. The number of allylic oxidation sites excluding steroid dienone is 2. The molecule has 111 valence electrons. The van der Waals surface area contributed by atoms with E-state index in [2.05, 4.69) is 19.9 Å². The van der Waals surface area contributed by atoms with Crippen molar-refractivity contribution in [3.8, 4) is 11.5 Å². The summed E-state index contributed by atoms with van der Waals surface area (Å²) < 4.78 is 16.1. The van der Waals surface area contributed by atoms with E-state index in [1.165, 1.54) is 11.5 Å². The maximum absolute atomic E-state index is 5.78. The Balaban J connectivity index is 2.42. The van der Waals surface area contributed by atoms with Crippen LogP contribution in [0.3, 0.4) is 0 Å². The highest BCUT2D eigenvalue weighted by molar-refractivity contribution is 5.31. The van der Waals surface area contributed by atoms with E-state index in [9.17, 15) is 0 Å². The molecule has 1 rings (SSSR count). The summed E-state index contributed by atoms with van der Waals surface area (Å²) in [6.07, 6.45) is 4.27. The van der Waals surface area contributed by atoms with Crippen molar-refractivity contribution in [3.63, 3.8) is 0 Å². The molecule has 0 saturated carbocycles. The Morgan fingerprint density at radius 3 is 2.20 bits per heavy atom. The van der Waals surface area contributed by atoms with Crippen LogP contribution in [0.25, 0.3) is 0 Å². The van der Waals surface area contributed by atoms with Crippen molar-refractivity contribution in [3.05, 3.63) is 41.8 Å². The lowest BCUT2D eigenvalue weighted by Crippen LogP contribution is -2.15. The monoisotopic (exact) mass is 277 g/mol. The molecule has 0 aliphatic heterocycles. The van der Waals surface area contributed by atoms with E-state index in [0.717, 1.165) is 24.3 Å². The molecule has 20 heavy (non-hydrogen) atoms. The summed E-state index contributed by atoms with van der Waals surface area (Å²) >= 11 is 0. The summed E-state index contributed by atoms with van der Waals surface area (Å²) in [7, 11) is 3.37. The van der Waals surface area contributed by atoms with Gasteiger partial charge in [0.15, 0.2) is 0 Å². The Bertz CT molecular complexity index is 391. The zero-order chi connectivity index (χ0) is 14.8. The van der Waals surface area contributed by atoms with Gasteiger partial charge in [0.25, 0.3) is 0 Å². The summed E-state index contributed by atoms with van der Waals surface area (Å²) in [5, 5.41) is 0. The van der Waals surface area contributed by atoms with Crippen LogP contribution in [0.4, 0.5) is 0 Å². The van der Waals surface area contributed by atoms with Crippen LogP contribution in [-0.4, -0.2) is 27.4 Å². The molecule has 0 spiro atoms. The highest BCUT2D eigenvalue weighted by Gasteiger charge is 2.10. The first-order valence-corrected chi connectivity index (χ1v) is 6.88. The molecule has 0 amide bonds.